The molecule has 2 aromatic carbocycles. The van der Waals surface area contributed by atoms with Gasteiger partial charge in [-0.15, -0.1) is 0 Å². The largest absolute Gasteiger partial charge is 0.494 e. The van der Waals surface area contributed by atoms with Gasteiger partial charge >= 0.3 is 0 Å². The summed E-state index contributed by atoms with van der Waals surface area (Å²) in [6, 6.07) is 13.1. The number of rotatable bonds is 10. The molecule has 0 saturated carbocycles. The topological polar surface area (TPSA) is 95.8 Å². The quantitative estimate of drug-likeness (QED) is 0.224. The second-order valence-corrected chi connectivity index (χ2v) is 8.25. The summed E-state index contributed by atoms with van der Waals surface area (Å²) in [7, 11) is 0. The number of ether oxygens (including phenoxy) is 1. The van der Waals surface area contributed by atoms with Crippen LogP contribution in [-0.2, 0) is 13.0 Å². The van der Waals surface area contributed by atoms with Crippen molar-refractivity contribution in [1.82, 2.24) is 15.0 Å². The average Bonchev–Trinajstić information content (AvgIpc) is 2.88. The molecular weight excluding hydrogens is 474 g/mol. The number of hydrogen-bond donors (Lipinski definition) is 3. The Kier molecular flexibility index (Phi) is 8.02. The number of pyridine rings is 1. The monoisotopic (exact) mass is 502 g/mol. The van der Waals surface area contributed by atoms with Crippen molar-refractivity contribution < 1.29 is 13.5 Å². The van der Waals surface area contributed by atoms with Crippen molar-refractivity contribution in [1.29, 1.82) is 5.41 Å². The highest BCUT2D eigenvalue weighted by molar-refractivity contribution is 6.12. The van der Waals surface area contributed by atoms with E-state index in [4.69, 9.17) is 10.1 Å². The maximum atomic E-state index is 14.6. The third-order valence-corrected chi connectivity index (χ3v) is 5.81. The van der Waals surface area contributed by atoms with Crippen LogP contribution >= 0.6 is 0 Å². The van der Waals surface area contributed by atoms with Gasteiger partial charge in [0.25, 0.3) is 0 Å². The van der Waals surface area contributed by atoms with Gasteiger partial charge in [-0.1, -0.05) is 25.1 Å². The highest BCUT2D eigenvalue weighted by atomic mass is 19.1. The van der Waals surface area contributed by atoms with Crippen molar-refractivity contribution >= 4 is 22.9 Å². The Morgan fingerprint density at radius 2 is 1.68 bits per heavy atom. The Bertz CT molecular complexity index is 1390. The molecule has 3 N–H and O–H groups in total. The number of para-hydroxylation sites is 1. The van der Waals surface area contributed by atoms with Crippen molar-refractivity contribution in [3.63, 3.8) is 0 Å². The van der Waals surface area contributed by atoms with Gasteiger partial charge in [-0.3, -0.25) is 10.4 Å². The molecule has 0 aliphatic carbocycles. The second kappa shape index (κ2) is 11.6. The van der Waals surface area contributed by atoms with Crippen LogP contribution in [0.5, 0.6) is 5.75 Å². The summed E-state index contributed by atoms with van der Waals surface area (Å²) in [5.41, 5.74) is 3.53. The summed E-state index contributed by atoms with van der Waals surface area (Å²) in [5, 5.41) is 15.3. The van der Waals surface area contributed by atoms with Gasteiger partial charge < -0.3 is 15.4 Å². The van der Waals surface area contributed by atoms with Crippen LogP contribution in [0.2, 0.25) is 0 Å². The van der Waals surface area contributed by atoms with Crippen LogP contribution in [0, 0.1) is 24.0 Å². The molecule has 2 heterocycles. The van der Waals surface area contributed by atoms with E-state index in [1.165, 1.54) is 12.1 Å². The smallest absolute Gasteiger partial charge is 0.180 e. The molecule has 0 radical (unpaired) electrons. The number of anilines is 3. The van der Waals surface area contributed by atoms with Crippen molar-refractivity contribution in [2.24, 2.45) is 0 Å². The molecule has 0 amide bonds. The van der Waals surface area contributed by atoms with E-state index >= 15 is 0 Å². The van der Waals surface area contributed by atoms with E-state index in [0.29, 0.717) is 30.1 Å². The summed E-state index contributed by atoms with van der Waals surface area (Å²) >= 11 is 0. The third kappa shape index (κ3) is 5.88. The molecule has 0 saturated heterocycles. The maximum absolute atomic E-state index is 14.6. The minimum atomic E-state index is -0.704. The molecule has 4 aromatic rings. The fourth-order valence-electron chi connectivity index (χ4n) is 3.96. The minimum Gasteiger partial charge on any atom is -0.494 e. The predicted octanol–water partition coefficient (Wildman–Crippen LogP) is 6.19. The van der Waals surface area contributed by atoms with E-state index in [2.05, 4.69) is 25.6 Å². The fraction of sp³-hybridized carbons (Fsp3) is 0.214. The van der Waals surface area contributed by atoms with E-state index < -0.39 is 11.6 Å². The molecule has 9 heteroatoms. The summed E-state index contributed by atoms with van der Waals surface area (Å²) in [4.78, 5) is 13.3. The van der Waals surface area contributed by atoms with Crippen molar-refractivity contribution in [3.8, 4) is 5.75 Å². The first-order valence-corrected chi connectivity index (χ1v) is 12.0. The molecule has 0 fully saturated rings. The van der Waals surface area contributed by atoms with E-state index in [-0.39, 0.29) is 29.4 Å². The van der Waals surface area contributed by atoms with Crippen LogP contribution in [0.1, 0.15) is 42.1 Å². The second-order valence-electron chi connectivity index (χ2n) is 8.25. The molecule has 2 aromatic heterocycles. The molecule has 4 rings (SSSR count). The molecule has 0 spiro atoms. The molecule has 0 aliphatic rings. The summed E-state index contributed by atoms with van der Waals surface area (Å²) < 4.78 is 34.3. The number of halogens is 2. The normalized spacial score (nSPS) is 10.7. The molecular formula is C28H28F2N6O. The molecule has 0 bridgehead atoms. The predicted molar refractivity (Wildman–Crippen MR) is 141 cm³/mol. The van der Waals surface area contributed by atoms with E-state index in [0.717, 1.165) is 16.9 Å². The summed E-state index contributed by atoms with van der Waals surface area (Å²) in [5.74, 6) is -0.416. The first kappa shape index (κ1) is 25.7. The molecule has 0 unspecified atom stereocenters. The third-order valence-electron chi connectivity index (χ3n) is 5.81. The lowest BCUT2D eigenvalue weighted by molar-refractivity contribution is 0.335. The van der Waals surface area contributed by atoms with Crippen LogP contribution in [0.25, 0.3) is 0 Å². The molecule has 0 aliphatic heterocycles. The lowest BCUT2D eigenvalue weighted by Gasteiger charge is -2.16. The average molecular weight is 503 g/mol. The SMILES string of the molecule is CCOc1cc(F)c(CNc2ccccc2C(=N)c2nc(C)c(CC)c(Nc3ccncc3)n2)c(F)c1. The van der Waals surface area contributed by atoms with Crippen LogP contribution < -0.4 is 15.4 Å². The Hall–Kier alpha value is -4.40. The van der Waals surface area contributed by atoms with E-state index in [9.17, 15) is 8.78 Å². The zero-order valence-corrected chi connectivity index (χ0v) is 20.9. The van der Waals surface area contributed by atoms with Gasteiger partial charge in [0.05, 0.1) is 6.61 Å². The van der Waals surface area contributed by atoms with Crippen molar-refractivity contribution in [2.75, 3.05) is 17.2 Å². The van der Waals surface area contributed by atoms with Gasteiger partial charge in [-0.25, -0.2) is 18.7 Å². The van der Waals surface area contributed by atoms with Gasteiger partial charge in [0, 0.05) is 64.8 Å². The van der Waals surface area contributed by atoms with E-state index in [1.807, 2.05) is 26.0 Å². The van der Waals surface area contributed by atoms with Crippen LogP contribution in [0.3, 0.4) is 0 Å². The Balaban J connectivity index is 1.62. The van der Waals surface area contributed by atoms with Crippen molar-refractivity contribution in [2.45, 2.75) is 33.7 Å². The first-order chi connectivity index (χ1) is 17.9. The maximum Gasteiger partial charge on any atom is 0.180 e. The lowest BCUT2D eigenvalue weighted by atomic mass is 10.1. The molecule has 37 heavy (non-hydrogen) atoms. The fourth-order valence-corrected chi connectivity index (χ4v) is 3.96. The Morgan fingerprint density at radius 1 is 0.973 bits per heavy atom. The minimum absolute atomic E-state index is 0.0827. The van der Waals surface area contributed by atoms with Gasteiger partial charge in [0.1, 0.15) is 28.9 Å². The molecule has 0 atom stereocenters. The molecule has 190 valence electrons. The van der Waals surface area contributed by atoms with Crippen LogP contribution in [0.15, 0.2) is 60.9 Å². The highest BCUT2D eigenvalue weighted by Gasteiger charge is 2.18. The number of aromatic nitrogens is 3. The van der Waals surface area contributed by atoms with Crippen LogP contribution in [-0.4, -0.2) is 27.3 Å². The highest BCUT2D eigenvalue weighted by Crippen LogP contribution is 2.26. The number of nitrogens with one attached hydrogen (secondary N) is 3. The number of hydrogen-bond acceptors (Lipinski definition) is 7. The van der Waals surface area contributed by atoms with Gasteiger partial charge in [-0.2, -0.15) is 0 Å². The van der Waals surface area contributed by atoms with Crippen LogP contribution in [0.4, 0.5) is 26.0 Å². The van der Waals surface area contributed by atoms with Gasteiger partial charge in [-0.05, 0) is 38.5 Å². The number of nitrogens with zero attached hydrogens (tertiary/aromatic N) is 3. The molecule has 7 nitrogen and oxygen atoms in total. The van der Waals surface area contributed by atoms with Gasteiger partial charge in [0.15, 0.2) is 5.82 Å². The first-order valence-electron chi connectivity index (χ1n) is 12.0. The number of aryl methyl sites for hydroxylation is 1. The van der Waals surface area contributed by atoms with Crippen molar-refractivity contribution in [3.05, 3.63) is 101 Å². The lowest BCUT2D eigenvalue weighted by Crippen LogP contribution is -2.15. The zero-order chi connectivity index (χ0) is 26.4. The Morgan fingerprint density at radius 3 is 2.35 bits per heavy atom. The zero-order valence-electron chi connectivity index (χ0n) is 20.9. The Labute approximate surface area is 214 Å². The summed E-state index contributed by atoms with van der Waals surface area (Å²) in [6.07, 6.45) is 4.08. The van der Waals surface area contributed by atoms with Gasteiger partial charge in [0.2, 0.25) is 0 Å². The standard InChI is InChI=1S/C28H28F2N6O/c1-4-20-17(3)34-28(36-27(20)35-18-10-12-32-13-11-18)26(31)21-8-6-7-9-25(21)33-16-22-23(29)14-19(37-5-2)15-24(22)30/h6-15,31,33H,4-5,16H2,1-3H3,(H,32,34,35,36). The van der Waals surface area contributed by atoms with E-state index in [1.54, 1.807) is 43.6 Å². The summed E-state index contributed by atoms with van der Waals surface area (Å²) in [6.45, 7) is 5.85. The number of benzene rings is 2.